The minimum Gasteiger partial charge on any atom is -0.489 e. The molecule has 3 aromatic rings. The van der Waals surface area contributed by atoms with Gasteiger partial charge in [0.1, 0.15) is 18.4 Å². The highest BCUT2D eigenvalue weighted by Crippen LogP contribution is 2.16. The standard InChI is InChI=1S/C24H22N2O5/c25-22(27)21(26-23(28)18-8-10-19(11-9-18)24(29)30)14-16-6-12-20(13-7-16)31-15-17-4-2-1-3-5-17/h1-13,21H,14-15H2,(H2,25,27)(H,26,28)(H,29,30). The molecule has 0 radical (unpaired) electrons. The summed E-state index contributed by atoms with van der Waals surface area (Å²) in [6.45, 7) is 0.445. The van der Waals surface area contributed by atoms with Crippen LogP contribution in [0.1, 0.15) is 31.8 Å². The molecule has 0 spiro atoms. The SMILES string of the molecule is NC(=O)C(Cc1ccc(OCc2ccccc2)cc1)NC(=O)c1ccc(C(=O)O)cc1. The van der Waals surface area contributed by atoms with E-state index in [1.165, 1.54) is 24.3 Å². The predicted molar refractivity (Wildman–Crippen MR) is 115 cm³/mol. The number of ether oxygens (including phenoxy) is 1. The molecule has 7 nitrogen and oxygen atoms in total. The third-order valence-electron chi connectivity index (χ3n) is 4.65. The molecule has 3 aromatic carbocycles. The Morgan fingerprint density at radius 2 is 1.45 bits per heavy atom. The fourth-order valence-electron chi connectivity index (χ4n) is 2.93. The second-order valence-corrected chi connectivity index (χ2v) is 6.93. The van der Waals surface area contributed by atoms with E-state index in [-0.39, 0.29) is 17.5 Å². The average Bonchev–Trinajstić information content (AvgIpc) is 2.78. The van der Waals surface area contributed by atoms with Gasteiger partial charge in [0.15, 0.2) is 0 Å². The van der Waals surface area contributed by atoms with Crippen molar-refractivity contribution < 1.29 is 24.2 Å². The van der Waals surface area contributed by atoms with E-state index >= 15 is 0 Å². The maximum atomic E-state index is 12.4. The van der Waals surface area contributed by atoms with Crippen LogP contribution in [0.15, 0.2) is 78.9 Å². The zero-order chi connectivity index (χ0) is 22.2. The molecule has 0 fully saturated rings. The predicted octanol–water partition coefficient (Wildman–Crippen LogP) is 2.79. The summed E-state index contributed by atoms with van der Waals surface area (Å²) in [4.78, 5) is 35.2. The van der Waals surface area contributed by atoms with E-state index in [0.717, 1.165) is 11.1 Å². The van der Waals surface area contributed by atoms with Crippen molar-refractivity contribution in [3.05, 3.63) is 101 Å². The Hall–Kier alpha value is -4.13. The number of rotatable bonds is 9. The Bertz CT molecular complexity index is 1050. The summed E-state index contributed by atoms with van der Waals surface area (Å²) >= 11 is 0. The van der Waals surface area contributed by atoms with Gasteiger partial charge in [-0.25, -0.2) is 4.79 Å². The van der Waals surface area contributed by atoms with Gasteiger partial charge in [0.25, 0.3) is 5.91 Å². The largest absolute Gasteiger partial charge is 0.489 e. The molecule has 1 unspecified atom stereocenters. The first-order valence-corrected chi connectivity index (χ1v) is 9.61. The third kappa shape index (κ3) is 6.17. The smallest absolute Gasteiger partial charge is 0.335 e. The number of nitrogens with one attached hydrogen (secondary N) is 1. The summed E-state index contributed by atoms with van der Waals surface area (Å²) < 4.78 is 5.75. The average molecular weight is 418 g/mol. The first kappa shape index (κ1) is 21.6. The molecule has 0 heterocycles. The first-order valence-electron chi connectivity index (χ1n) is 9.61. The number of primary amides is 1. The number of carbonyl (C=O) groups is 3. The van der Waals surface area contributed by atoms with E-state index in [1.54, 1.807) is 12.1 Å². The van der Waals surface area contributed by atoms with Crippen molar-refractivity contribution in [2.45, 2.75) is 19.1 Å². The zero-order valence-corrected chi connectivity index (χ0v) is 16.7. The number of benzene rings is 3. The Labute approximate surface area is 179 Å². The fraction of sp³-hybridized carbons (Fsp3) is 0.125. The molecule has 2 amide bonds. The summed E-state index contributed by atoms with van der Waals surface area (Å²) in [5.74, 6) is -1.58. The number of hydrogen-bond acceptors (Lipinski definition) is 4. The maximum absolute atomic E-state index is 12.4. The molecular weight excluding hydrogens is 396 g/mol. The van der Waals surface area contributed by atoms with Gasteiger partial charge in [0.2, 0.25) is 5.91 Å². The summed E-state index contributed by atoms with van der Waals surface area (Å²) in [5, 5.41) is 11.5. The van der Waals surface area contributed by atoms with Gasteiger partial charge in [-0.3, -0.25) is 9.59 Å². The van der Waals surface area contributed by atoms with Crippen molar-refractivity contribution in [1.29, 1.82) is 0 Å². The van der Waals surface area contributed by atoms with Gasteiger partial charge in [-0.2, -0.15) is 0 Å². The lowest BCUT2D eigenvalue weighted by molar-refractivity contribution is -0.119. The van der Waals surface area contributed by atoms with Gasteiger partial charge in [-0.05, 0) is 47.5 Å². The van der Waals surface area contributed by atoms with Crippen LogP contribution < -0.4 is 15.8 Å². The summed E-state index contributed by atoms with van der Waals surface area (Å²) in [5.41, 5.74) is 7.62. The molecular formula is C24H22N2O5. The minimum absolute atomic E-state index is 0.0672. The zero-order valence-electron chi connectivity index (χ0n) is 16.7. The van der Waals surface area contributed by atoms with E-state index in [1.807, 2.05) is 42.5 Å². The number of nitrogens with two attached hydrogens (primary N) is 1. The van der Waals surface area contributed by atoms with Crippen LogP contribution in [0.4, 0.5) is 0 Å². The molecule has 0 aliphatic carbocycles. The van der Waals surface area contributed by atoms with Crippen LogP contribution in [-0.4, -0.2) is 28.9 Å². The van der Waals surface area contributed by atoms with Crippen molar-refractivity contribution >= 4 is 17.8 Å². The lowest BCUT2D eigenvalue weighted by Gasteiger charge is -2.16. The Balaban J connectivity index is 1.59. The molecule has 158 valence electrons. The van der Waals surface area contributed by atoms with Crippen LogP contribution in [0.3, 0.4) is 0 Å². The van der Waals surface area contributed by atoms with Crippen LogP contribution in [0.2, 0.25) is 0 Å². The van der Waals surface area contributed by atoms with Gasteiger partial charge < -0.3 is 20.9 Å². The van der Waals surface area contributed by atoms with Gasteiger partial charge >= 0.3 is 5.97 Å². The van der Waals surface area contributed by atoms with Crippen molar-refractivity contribution in [1.82, 2.24) is 5.32 Å². The number of aromatic carboxylic acids is 1. The maximum Gasteiger partial charge on any atom is 0.335 e. The molecule has 0 bridgehead atoms. The number of carboxylic acids is 1. The van der Waals surface area contributed by atoms with Gasteiger partial charge in [-0.15, -0.1) is 0 Å². The van der Waals surface area contributed by atoms with Crippen LogP contribution in [0.5, 0.6) is 5.75 Å². The van der Waals surface area contributed by atoms with E-state index < -0.39 is 23.8 Å². The van der Waals surface area contributed by atoms with Crippen LogP contribution in [0.25, 0.3) is 0 Å². The molecule has 0 aromatic heterocycles. The topological polar surface area (TPSA) is 119 Å². The van der Waals surface area contributed by atoms with E-state index in [4.69, 9.17) is 15.6 Å². The normalized spacial score (nSPS) is 11.4. The van der Waals surface area contributed by atoms with Crippen LogP contribution in [0, 0.1) is 0 Å². The van der Waals surface area contributed by atoms with Crippen molar-refractivity contribution in [3.63, 3.8) is 0 Å². The van der Waals surface area contributed by atoms with E-state index in [2.05, 4.69) is 5.32 Å². The highest BCUT2D eigenvalue weighted by molar-refractivity contribution is 5.98. The van der Waals surface area contributed by atoms with Crippen molar-refractivity contribution in [2.24, 2.45) is 5.73 Å². The molecule has 0 aliphatic rings. The highest BCUT2D eigenvalue weighted by atomic mass is 16.5. The summed E-state index contributed by atoms with van der Waals surface area (Å²) in [6.07, 6.45) is 0.216. The monoisotopic (exact) mass is 418 g/mol. The number of carboxylic acid groups (broad SMARTS) is 1. The van der Waals surface area contributed by atoms with Gasteiger partial charge in [0.05, 0.1) is 5.56 Å². The first-order chi connectivity index (χ1) is 14.9. The van der Waals surface area contributed by atoms with Gasteiger partial charge in [-0.1, -0.05) is 42.5 Å². The second kappa shape index (κ2) is 10.1. The number of hydrogen-bond donors (Lipinski definition) is 3. The minimum atomic E-state index is -1.09. The summed E-state index contributed by atoms with van der Waals surface area (Å²) in [7, 11) is 0. The Kier molecular flexibility index (Phi) is 7.01. The molecule has 31 heavy (non-hydrogen) atoms. The summed E-state index contributed by atoms with van der Waals surface area (Å²) in [6, 6.07) is 21.5. The van der Waals surface area contributed by atoms with Crippen LogP contribution in [-0.2, 0) is 17.8 Å². The molecule has 0 aliphatic heterocycles. The quantitative estimate of drug-likeness (QED) is 0.494. The number of amides is 2. The molecule has 1 atom stereocenters. The molecule has 3 rings (SSSR count). The lowest BCUT2D eigenvalue weighted by atomic mass is 10.0. The van der Waals surface area contributed by atoms with E-state index in [9.17, 15) is 14.4 Å². The Morgan fingerprint density at radius 1 is 0.839 bits per heavy atom. The van der Waals surface area contributed by atoms with E-state index in [0.29, 0.717) is 12.4 Å². The Morgan fingerprint density at radius 3 is 2.03 bits per heavy atom. The van der Waals surface area contributed by atoms with Crippen molar-refractivity contribution in [3.8, 4) is 5.75 Å². The molecule has 0 saturated heterocycles. The molecule has 7 heteroatoms. The van der Waals surface area contributed by atoms with Gasteiger partial charge in [0, 0.05) is 12.0 Å². The second-order valence-electron chi connectivity index (χ2n) is 6.93. The number of carbonyl (C=O) groups excluding carboxylic acids is 2. The van der Waals surface area contributed by atoms with Crippen molar-refractivity contribution in [2.75, 3.05) is 0 Å². The molecule has 0 saturated carbocycles. The lowest BCUT2D eigenvalue weighted by Crippen LogP contribution is -2.45. The van der Waals surface area contributed by atoms with Crippen LogP contribution >= 0.6 is 0 Å². The highest BCUT2D eigenvalue weighted by Gasteiger charge is 2.20. The fourth-order valence-corrected chi connectivity index (χ4v) is 2.93. The third-order valence-corrected chi connectivity index (χ3v) is 4.65. The molecule has 4 N–H and O–H groups in total.